The van der Waals surface area contributed by atoms with Crippen molar-refractivity contribution in [3.63, 3.8) is 0 Å². The standard InChI is InChI=1S/C30H35N3O7S/c1-6-38-27-10-8-7-9-26(27)33(41(36,37)25-17-11-22(2)12-18-25)20-28(34)32-31-19-23-13-15-24(16-14-23)39-21-29(35)40-30(3,4)5/h7-19H,6,20-21H2,1-5H3,(H,32,34)/b31-19-. The number of amides is 1. The Morgan fingerprint density at radius 1 is 0.951 bits per heavy atom. The molecule has 1 amide bonds. The quantitative estimate of drug-likeness (QED) is 0.190. The molecule has 0 aliphatic rings. The SMILES string of the molecule is CCOc1ccccc1N(CC(=O)N/N=C\c1ccc(OCC(=O)OC(C)(C)C)cc1)S(=O)(=O)c1ccc(C)cc1. The molecule has 218 valence electrons. The highest BCUT2D eigenvalue weighted by Gasteiger charge is 2.29. The van der Waals surface area contributed by atoms with E-state index in [-0.39, 0.29) is 17.2 Å². The average molecular weight is 582 g/mol. The monoisotopic (exact) mass is 581 g/mol. The number of ether oxygens (including phenoxy) is 3. The number of carbonyl (C=O) groups excluding carboxylic acids is 2. The molecule has 3 aromatic rings. The van der Waals surface area contributed by atoms with Gasteiger partial charge in [0.1, 0.15) is 23.6 Å². The highest BCUT2D eigenvalue weighted by atomic mass is 32.2. The summed E-state index contributed by atoms with van der Waals surface area (Å²) in [4.78, 5) is 24.7. The van der Waals surface area contributed by atoms with Gasteiger partial charge in [-0.15, -0.1) is 0 Å². The van der Waals surface area contributed by atoms with E-state index in [1.54, 1.807) is 88.4 Å². The molecule has 10 nitrogen and oxygen atoms in total. The molecule has 0 saturated heterocycles. The van der Waals surface area contributed by atoms with Gasteiger partial charge in [-0.05, 0) is 88.7 Å². The summed E-state index contributed by atoms with van der Waals surface area (Å²) in [7, 11) is -4.12. The number of aryl methyl sites for hydroxylation is 1. The van der Waals surface area contributed by atoms with Gasteiger partial charge in [0.15, 0.2) is 6.61 Å². The first-order valence-electron chi connectivity index (χ1n) is 13.0. The van der Waals surface area contributed by atoms with E-state index < -0.39 is 34.0 Å². The molecule has 0 heterocycles. The lowest BCUT2D eigenvalue weighted by Crippen LogP contribution is -2.39. The van der Waals surface area contributed by atoms with E-state index in [4.69, 9.17) is 14.2 Å². The van der Waals surface area contributed by atoms with E-state index in [2.05, 4.69) is 10.5 Å². The molecule has 11 heteroatoms. The summed E-state index contributed by atoms with van der Waals surface area (Å²) in [5.41, 5.74) is 3.56. The number of sulfonamides is 1. The Morgan fingerprint density at radius 3 is 2.24 bits per heavy atom. The first-order valence-corrected chi connectivity index (χ1v) is 14.4. The molecule has 0 saturated carbocycles. The number of anilines is 1. The smallest absolute Gasteiger partial charge is 0.344 e. The van der Waals surface area contributed by atoms with Crippen molar-refractivity contribution in [2.24, 2.45) is 5.10 Å². The van der Waals surface area contributed by atoms with Crippen LogP contribution >= 0.6 is 0 Å². The van der Waals surface area contributed by atoms with Crippen LogP contribution in [-0.2, 0) is 24.3 Å². The van der Waals surface area contributed by atoms with Crippen LogP contribution < -0.4 is 19.2 Å². The predicted molar refractivity (Wildman–Crippen MR) is 157 cm³/mol. The van der Waals surface area contributed by atoms with Gasteiger partial charge < -0.3 is 14.2 Å². The minimum Gasteiger partial charge on any atom is -0.492 e. The largest absolute Gasteiger partial charge is 0.492 e. The lowest BCUT2D eigenvalue weighted by molar-refractivity contribution is -0.157. The van der Waals surface area contributed by atoms with Crippen LogP contribution in [0.5, 0.6) is 11.5 Å². The number of nitrogens with one attached hydrogen (secondary N) is 1. The van der Waals surface area contributed by atoms with Gasteiger partial charge in [-0.1, -0.05) is 29.8 Å². The van der Waals surface area contributed by atoms with Crippen molar-refractivity contribution < 1.29 is 32.2 Å². The van der Waals surface area contributed by atoms with Gasteiger partial charge in [0.2, 0.25) is 0 Å². The van der Waals surface area contributed by atoms with Gasteiger partial charge in [-0.3, -0.25) is 9.10 Å². The predicted octanol–water partition coefficient (Wildman–Crippen LogP) is 4.46. The second-order valence-corrected chi connectivity index (χ2v) is 11.8. The van der Waals surface area contributed by atoms with Crippen molar-refractivity contribution >= 4 is 33.8 Å². The van der Waals surface area contributed by atoms with E-state index in [0.29, 0.717) is 23.7 Å². The minimum atomic E-state index is -4.12. The molecular weight excluding hydrogens is 546 g/mol. The van der Waals surface area contributed by atoms with Crippen molar-refractivity contribution in [1.82, 2.24) is 5.43 Å². The Hall–Kier alpha value is -4.38. The molecule has 0 aromatic heterocycles. The molecule has 3 rings (SSSR count). The number of nitrogens with zero attached hydrogens (tertiary/aromatic N) is 2. The van der Waals surface area contributed by atoms with Crippen molar-refractivity contribution in [2.45, 2.75) is 45.1 Å². The zero-order valence-electron chi connectivity index (χ0n) is 23.8. The summed E-state index contributed by atoms with van der Waals surface area (Å²) in [6.07, 6.45) is 1.41. The fourth-order valence-electron chi connectivity index (χ4n) is 3.59. The highest BCUT2D eigenvalue weighted by molar-refractivity contribution is 7.92. The van der Waals surface area contributed by atoms with Crippen LogP contribution in [0.25, 0.3) is 0 Å². The lowest BCUT2D eigenvalue weighted by atomic mass is 10.2. The zero-order valence-corrected chi connectivity index (χ0v) is 24.6. The van der Waals surface area contributed by atoms with Gasteiger partial charge >= 0.3 is 5.97 Å². The highest BCUT2D eigenvalue weighted by Crippen LogP contribution is 2.32. The summed E-state index contributed by atoms with van der Waals surface area (Å²) in [5, 5.41) is 3.97. The Balaban J connectivity index is 1.70. The summed E-state index contributed by atoms with van der Waals surface area (Å²) in [6, 6.07) is 19.7. The van der Waals surface area contributed by atoms with Crippen LogP contribution in [0.4, 0.5) is 5.69 Å². The summed E-state index contributed by atoms with van der Waals surface area (Å²) in [6.45, 7) is 8.53. The fourth-order valence-corrected chi connectivity index (χ4v) is 5.02. The molecule has 0 atom stereocenters. The topological polar surface area (TPSA) is 124 Å². The molecule has 0 aliphatic heterocycles. The number of hydrogen-bond donors (Lipinski definition) is 1. The number of esters is 1. The van der Waals surface area contributed by atoms with Crippen LogP contribution in [0.2, 0.25) is 0 Å². The van der Waals surface area contributed by atoms with Gasteiger partial charge in [-0.2, -0.15) is 5.10 Å². The van der Waals surface area contributed by atoms with Crippen LogP contribution in [0.15, 0.2) is 82.8 Å². The number of carbonyl (C=O) groups is 2. The first-order chi connectivity index (χ1) is 19.4. The third-order valence-corrected chi connectivity index (χ3v) is 7.16. The minimum absolute atomic E-state index is 0.0414. The Bertz CT molecular complexity index is 1460. The van der Waals surface area contributed by atoms with E-state index >= 15 is 0 Å². The van der Waals surface area contributed by atoms with Crippen LogP contribution in [0.1, 0.15) is 38.8 Å². The molecular formula is C30H35N3O7S. The number of benzene rings is 3. The van der Waals surface area contributed by atoms with Crippen molar-refractivity contribution in [3.8, 4) is 11.5 Å². The molecule has 1 N–H and O–H groups in total. The van der Waals surface area contributed by atoms with Gasteiger partial charge in [0.25, 0.3) is 15.9 Å². The molecule has 0 unspecified atom stereocenters. The third-order valence-electron chi connectivity index (χ3n) is 5.39. The normalized spacial score (nSPS) is 11.6. The van der Waals surface area contributed by atoms with Crippen LogP contribution in [0.3, 0.4) is 0 Å². The molecule has 0 radical (unpaired) electrons. The van der Waals surface area contributed by atoms with E-state index in [1.807, 2.05) is 6.92 Å². The van der Waals surface area contributed by atoms with Gasteiger partial charge in [0.05, 0.1) is 23.4 Å². The number of rotatable bonds is 12. The molecule has 3 aromatic carbocycles. The fraction of sp³-hybridized carbons (Fsp3) is 0.300. The first kappa shape index (κ1) is 31.2. The third kappa shape index (κ3) is 9.35. The zero-order chi connectivity index (χ0) is 30.0. The second-order valence-electron chi connectivity index (χ2n) is 9.96. The maximum Gasteiger partial charge on any atom is 0.344 e. The van der Waals surface area contributed by atoms with Crippen molar-refractivity contribution in [2.75, 3.05) is 24.1 Å². The second kappa shape index (κ2) is 13.8. The molecule has 0 fully saturated rings. The van der Waals surface area contributed by atoms with Crippen LogP contribution in [-0.4, -0.2) is 51.9 Å². The van der Waals surface area contributed by atoms with Crippen LogP contribution in [0, 0.1) is 6.92 Å². The molecule has 41 heavy (non-hydrogen) atoms. The number of hydrogen-bond acceptors (Lipinski definition) is 8. The maximum absolute atomic E-state index is 13.6. The summed E-state index contributed by atoms with van der Waals surface area (Å²) in [5.74, 6) is -0.341. The number of hydrazone groups is 1. The van der Waals surface area contributed by atoms with Gasteiger partial charge in [-0.25, -0.2) is 18.6 Å². The van der Waals surface area contributed by atoms with Crippen molar-refractivity contribution in [1.29, 1.82) is 0 Å². The number of para-hydroxylation sites is 2. The van der Waals surface area contributed by atoms with E-state index in [1.165, 1.54) is 18.3 Å². The van der Waals surface area contributed by atoms with Crippen molar-refractivity contribution in [3.05, 3.63) is 83.9 Å². The summed E-state index contributed by atoms with van der Waals surface area (Å²) < 4.78 is 44.6. The van der Waals surface area contributed by atoms with Gasteiger partial charge in [0, 0.05) is 0 Å². The molecule has 0 bridgehead atoms. The van der Waals surface area contributed by atoms with E-state index in [0.717, 1.165) is 9.87 Å². The Kier molecular flexibility index (Phi) is 10.5. The summed E-state index contributed by atoms with van der Waals surface area (Å²) >= 11 is 0. The molecule has 0 aliphatic carbocycles. The Morgan fingerprint density at radius 2 is 1.61 bits per heavy atom. The molecule has 0 spiro atoms. The van der Waals surface area contributed by atoms with E-state index in [9.17, 15) is 18.0 Å². The maximum atomic E-state index is 13.6. The Labute approximate surface area is 241 Å². The lowest BCUT2D eigenvalue weighted by Gasteiger charge is -2.25. The average Bonchev–Trinajstić information content (AvgIpc) is 2.91.